The molecule has 22 heavy (non-hydrogen) atoms. The minimum Gasteiger partial charge on any atom is -0.389 e. The minimum atomic E-state index is -0.991. The van der Waals surface area contributed by atoms with E-state index in [1.807, 2.05) is 19.9 Å². The first kappa shape index (κ1) is 18.2. The molecule has 7 heteroatoms. The fourth-order valence-corrected chi connectivity index (χ4v) is 2.54. The molecule has 1 heterocycles. The number of anilines is 1. The summed E-state index contributed by atoms with van der Waals surface area (Å²) in [5.74, 6) is -0.0726. The van der Waals surface area contributed by atoms with Gasteiger partial charge < -0.3 is 5.11 Å². The summed E-state index contributed by atoms with van der Waals surface area (Å²) < 4.78 is 0. The summed E-state index contributed by atoms with van der Waals surface area (Å²) in [4.78, 5) is 15.9. The van der Waals surface area contributed by atoms with Crippen LogP contribution in [0, 0.1) is 11.3 Å². The zero-order valence-corrected chi connectivity index (χ0v) is 13.6. The maximum atomic E-state index is 12.0. The van der Waals surface area contributed by atoms with Crippen LogP contribution in [0.1, 0.15) is 51.5 Å². The van der Waals surface area contributed by atoms with Crippen LogP contribution in [0.25, 0.3) is 0 Å². The Bertz CT molecular complexity index is 551. The summed E-state index contributed by atoms with van der Waals surface area (Å²) in [6, 6.07) is 4.85. The molecule has 0 saturated heterocycles. The van der Waals surface area contributed by atoms with E-state index < -0.39 is 5.60 Å². The number of aromatic nitrogens is 1. The van der Waals surface area contributed by atoms with Gasteiger partial charge in [0.1, 0.15) is 11.0 Å². The topological polar surface area (TPSA) is 98.0 Å². The molecule has 1 rings (SSSR count). The molecule has 0 aliphatic heterocycles. The Kier molecular flexibility index (Phi) is 7.09. The van der Waals surface area contributed by atoms with Gasteiger partial charge in [0.05, 0.1) is 23.7 Å². The monoisotopic (exact) mass is 324 g/mol. The van der Waals surface area contributed by atoms with Crippen molar-refractivity contribution in [2.45, 2.75) is 51.6 Å². The minimum absolute atomic E-state index is 0.00729. The number of carbonyl (C=O) groups excluding carboxylic acids is 1. The van der Waals surface area contributed by atoms with Gasteiger partial charge in [-0.3, -0.25) is 15.6 Å². The number of pyridine rings is 1. The van der Waals surface area contributed by atoms with Gasteiger partial charge in [0, 0.05) is 6.07 Å². The van der Waals surface area contributed by atoms with Gasteiger partial charge in [-0.2, -0.15) is 5.26 Å². The van der Waals surface area contributed by atoms with Crippen molar-refractivity contribution < 1.29 is 9.90 Å². The van der Waals surface area contributed by atoms with E-state index in [2.05, 4.69) is 15.8 Å². The first-order chi connectivity index (χ1) is 10.4. The first-order valence-corrected chi connectivity index (χ1v) is 7.65. The summed E-state index contributed by atoms with van der Waals surface area (Å²) in [7, 11) is 0. The van der Waals surface area contributed by atoms with Crippen LogP contribution >= 0.6 is 11.6 Å². The lowest BCUT2D eigenvalue weighted by atomic mass is 9.89. The molecule has 0 atom stereocenters. The molecule has 120 valence electrons. The van der Waals surface area contributed by atoms with Gasteiger partial charge in [0.15, 0.2) is 0 Å². The van der Waals surface area contributed by atoms with E-state index in [9.17, 15) is 9.90 Å². The zero-order chi connectivity index (χ0) is 16.6. The summed E-state index contributed by atoms with van der Waals surface area (Å²) >= 11 is 5.78. The predicted molar refractivity (Wildman–Crippen MR) is 85.1 cm³/mol. The Balaban J connectivity index is 2.62. The van der Waals surface area contributed by atoms with E-state index in [1.165, 1.54) is 12.1 Å². The van der Waals surface area contributed by atoms with E-state index in [0.29, 0.717) is 18.4 Å². The van der Waals surface area contributed by atoms with E-state index in [-0.39, 0.29) is 23.3 Å². The average Bonchev–Trinajstić information content (AvgIpc) is 2.44. The molecule has 0 spiro atoms. The van der Waals surface area contributed by atoms with Crippen molar-refractivity contribution >= 4 is 23.3 Å². The molecule has 0 unspecified atom stereocenters. The number of nitrogens with one attached hydrogen (secondary N) is 2. The number of hydrogen-bond donors (Lipinski definition) is 3. The van der Waals surface area contributed by atoms with Crippen molar-refractivity contribution in [3.63, 3.8) is 0 Å². The van der Waals surface area contributed by atoms with Crippen molar-refractivity contribution in [1.82, 2.24) is 10.4 Å². The highest BCUT2D eigenvalue weighted by atomic mass is 35.5. The quantitative estimate of drug-likeness (QED) is 0.504. The lowest BCUT2D eigenvalue weighted by Crippen LogP contribution is -2.39. The fraction of sp³-hybridized carbons (Fsp3) is 0.533. The maximum absolute atomic E-state index is 12.0. The van der Waals surface area contributed by atoms with E-state index in [4.69, 9.17) is 16.9 Å². The van der Waals surface area contributed by atoms with Crippen molar-refractivity contribution in [3.8, 4) is 6.07 Å². The van der Waals surface area contributed by atoms with Crippen LogP contribution in [-0.4, -0.2) is 21.6 Å². The first-order valence-electron chi connectivity index (χ1n) is 7.27. The van der Waals surface area contributed by atoms with Crippen LogP contribution in [0.15, 0.2) is 12.1 Å². The third-order valence-electron chi connectivity index (χ3n) is 3.17. The standard InChI is InChI=1S/C15H21ClN4O2/c1-3-5-15(22,6-4-2)9-14(21)20-19-13-8-11(10-17)7-12(16)18-13/h7-8,22H,3-6,9H2,1-2H3,(H,18,19)(H,20,21). The molecule has 1 aromatic rings. The number of rotatable bonds is 8. The van der Waals surface area contributed by atoms with Crippen LogP contribution in [0.4, 0.5) is 5.82 Å². The van der Waals surface area contributed by atoms with Gasteiger partial charge >= 0.3 is 0 Å². The normalized spacial score (nSPS) is 10.9. The maximum Gasteiger partial charge on any atom is 0.241 e. The highest BCUT2D eigenvalue weighted by Gasteiger charge is 2.28. The second kappa shape index (κ2) is 8.57. The zero-order valence-electron chi connectivity index (χ0n) is 12.8. The van der Waals surface area contributed by atoms with E-state index in [1.54, 1.807) is 0 Å². The van der Waals surface area contributed by atoms with E-state index >= 15 is 0 Å². The molecule has 0 fully saturated rings. The number of amides is 1. The molecule has 0 aromatic carbocycles. The Morgan fingerprint density at radius 3 is 2.59 bits per heavy atom. The number of hydrazine groups is 1. The SMILES string of the molecule is CCCC(O)(CCC)CC(=O)NNc1cc(C#N)cc(Cl)n1. The number of hydrogen-bond acceptors (Lipinski definition) is 5. The van der Waals surface area contributed by atoms with Gasteiger partial charge in [-0.15, -0.1) is 0 Å². The van der Waals surface area contributed by atoms with Crippen LogP contribution < -0.4 is 10.9 Å². The predicted octanol–water partition coefficient (Wildman–Crippen LogP) is 2.77. The Hall–Kier alpha value is -1.84. The van der Waals surface area contributed by atoms with Gasteiger partial charge in [-0.1, -0.05) is 38.3 Å². The lowest BCUT2D eigenvalue weighted by Gasteiger charge is -2.26. The van der Waals surface area contributed by atoms with Gasteiger partial charge in [-0.05, 0) is 18.9 Å². The van der Waals surface area contributed by atoms with Crippen molar-refractivity contribution in [2.24, 2.45) is 0 Å². The highest BCUT2D eigenvalue weighted by molar-refractivity contribution is 6.29. The average molecular weight is 325 g/mol. The van der Waals surface area contributed by atoms with Crippen molar-refractivity contribution in [1.29, 1.82) is 5.26 Å². The Morgan fingerprint density at radius 1 is 1.41 bits per heavy atom. The Labute approximate surface area is 135 Å². The lowest BCUT2D eigenvalue weighted by molar-refractivity contribution is -0.126. The summed E-state index contributed by atoms with van der Waals surface area (Å²) in [5, 5.41) is 19.4. The number of halogens is 1. The van der Waals surface area contributed by atoms with Crippen LogP contribution in [0.5, 0.6) is 0 Å². The number of nitrogens with zero attached hydrogens (tertiary/aromatic N) is 2. The number of nitriles is 1. The molecule has 0 aliphatic carbocycles. The third kappa shape index (κ3) is 5.88. The Morgan fingerprint density at radius 2 is 2.05 bits per heavy atom. The molecule has 1 amide bonds. The molecule has 6 nitrogen and oxygen atoms in total. The molecule has 0 radical (unpaired) electrons. The second-order valence-corrected chi connectivity index (χ2v) is 5.64. The summed E-state index contributed by atoms with van der Waals surface area (Å²) in [6.07, 6.45) is 2.76. The van der Waals surface area contributed by atoms with Crippen LogP contribution in [0.3, 0.4) is 0 Å². The second-order valence-electron chi connectivity index (χ2n) is 5.25. The number of carbonyl (C=O) groups is 1. The van der Waals surface area contributed by atoms with E-state index in [0.717, 1.165) is 12.8 Å². The molecule has 3 N–H and O–H groups in total. The summed E-state index contributed by atoms with van der Waals surface area (Å²) in [5.41, 5.74) is 4.43. The fourth-order valence-electron chi connectivity index (χ4n) is 2.33. The number of aliphatic hydroxyl groups is 1. The molecular formula is C15H21ClN4O2. The molecule has 0 saturated carbocycles. The van der Waals surface area contributed by atoms with Gasteiger partial charge in [-0.25, -0.2) is 4.98 Å². The van der Waals surface area contributed by atoms with Crippen molar-refractivity contribution in [2.75, 3.05) is 5.43 Å². The van der Waals surface area contributed by atoms with Crippen LogP contribution in [-0.2, 0) is 4.79 Å². The largest absolute Gasteiger partial charge is 0.389 e. The molecule has 0 aliphatic rings. The molecule has 0 bridgehead atoms. The highest BCUT2D eigenvalue weighted by Crippen LogP contribution is 2.23. The summed E-state index contributed by atoms with van der Waals surface area (Å²) in [6.45, 7) is 3.94. The van der Waals surface area contributed by atoms with Crippen molar-refractivity contribution in [3.05, 3.63) is 22.8 Å². The third-order valence-corrected chi connectivity index (χ3v) is 3.37. The molecular weight excluding hydrogens is 304 g/mol. The van der Waals surface area contributed by atoms with Gasteiger partial charge in [0.2, 0.25) is 5.91 Å². The smallest absolute Gasteiger partial charge is 0.241 e. The molecule has 1 aromatic heterocycles. The van der Waals surface area contributed by atoms with Gasteiger partial charge in [0.25, 0.3) is 0 Å². The van der Waals surface area contributed by atoms with Crippen LogP contribution in [0.2, 0.25) is 5.15 Å².